The molecule has 0 aliphatic carbocycles. The summed E-state index contributed by atoms with van der Waals surface area (Å²) in [6, 6.07) is 4.59. The molecule has 3 saturated heterocycles. The van der Waals surface area contributed by atoms with Gasteiger partial charge in [0.25, 0.3) is 5.91 Å². The van der Waals surface area contributed by atoms with E-state index in [-0.39, 0.29) is 43.4 Å². The summed E-state index contributed by atoms with van der Waals surface area (Å²) in [6.07, 6.45) is 5.19. The van der Waals surface area contributed by atoms with E-state index < -0.39 is 28.6 Å². The van der Waals surface area contributed by atoms with Gasteiger partial charge < -0.3 is 19.6 Å². The molecule has 2 unspecified atom stereocenters. The summed E-state index contributed by atoms with van der Waals surface area (Å²) in [7, 11) is 0. The van der Waals surface area contributed by atoms with Crippen LogP contribution < -0.4 is 4.90 Å². The number of amides is 2. The van der Waals surface area contributed by atoms with E-state index in [0.717, 1.165) is 12.0 Å². The van der Waals surface area contributed by atoms with Gasteiger partial charge in [0.1, 0.15) is 6.04 Å². The molecule has 2 amide bonds. The fourth-order valence-electron chi connectivity index (χ4n) is 5.92. The molecule has 3 heterocycles. The number of aryl methyl sites for hydroxylation is 1. The number of thioether (sulfide) groups is 1. The molecule has 7 nitrogen and oxygen atoms in total. The summed E-state index contributed by atoms with van der Waals surface area (Å²) in [5.74, 6) is -2.22. The Hall–Kier alpha value is -2.29. The monoisotopic (exact) mass is 518 g/mol. The number of hydrogen-bond donors (Lipinski definition) is 1. The van der Waals surface area contributed by atoms with Crippen LogP contribution >= 0.6 is 23.4 Å². The highest BCUT2D eigenvalue weighted by molar-refractivity contribution is 8.02. The van der Waals surface area contributed by atoms with E-state index >= 15 is 0 Å². The van der Waals surface area contributed by atoms with Gasteiger partial charge in [-0.05, 0) is 37.8 Å². The Labute approximate surface area is 215 Å². The largest absolute Gasteiger partial charge is 0.465 e. The van der Waals surface area contributed by atoms with Crippen molar-refractivity contribution in [1.82, 2.24) is 4.90 Å². The van der Waals surface area contributed by atoms with Crippen molar-refractivity contribution in [2.45, 2.75) is 42.2 Å². The van der Waals surface area contributed by atoms with Crippen molar-refractivity contribution in [3.8, 4) is 0 Å². The number of benzene rings is 1. The van der Waals surface area contributed by atoms with E-state index in [1.807, 2.05) is 19.1 Å². The number of esters is 1. The summed E-state index contributed by atoms with van der Waals surface area (Å²) < 4.78 is 4.72. The van der Waals surface area contributed by atoms with Crippen LogP contribution in [0.4, 0.5) is 5.69 Å². The number of nitrogens with zero attached hydrogens (tertiary/aromatic N) is 2. The number of likely N-dealkylation sites (tertiary alicyclic amines) is 1. The van der Waals surface area contributed by atoms with Crippen molar-refractivity contribution in [1.29, 1.82) is 0 Å². The van der Waals surface area contributed by atoms with E-state index in [1.165, 1.54) is 4.90 Å². The molecule has 35 heavy (non-hydrogen) atoms. The highest BCUT2D eigenvalue weighted by Crippen LogP contribution is 2.66. The van der Waals surface area contributed by atoms with Crippen molar-refractivity contribution in [3.05, 3.63) is 54.1 Å². The minimum Gasteiger partial charge on any atom is -0.465 e. The molecule has 1 aromatic carbocycles. The van der Waals surface area contributed by atoms with Crippen molar-refractivity contribution in [3.63, 3.8) is 0 Å². The van der Waals surface area contributed by atoms with Gasteiger partial charge in [-0.1, -0.05) is 35.9 Å². The van der Waals surface area contributed by atoms with Gasteiger partial charge in [-0.2, -0.15) is 0 Å². The number of anilines is 1. The number of carbonyl (C=O) groups excluding carboxylic acids is 3. The molecule has 0 radical (unpaired) electrons. The van der Waals surface area contributed by atoms with Gasteiger partial charge in [0.2, 0.25) is 5.91 Å². The highest BCUT2D eigenvalue weighted by Gasteiger charge is 2.74. The van der Waals surface area contributed by atoms with E-state index in [4.69, 9.17) is 16.3 Å². The lowest BCUT2D eigenvalue weighted by Gasteiger charge is -2.37. The average molecular weight is 519 g/mol. The lowest BCUT2D eigenvalue weighted by Crippen LogP contribution is -2.55. The molecule has 3 fully saturated rings. The lowest BCUT2D eigenvalue weighted by molar-refractivity contribution is -0.154. The van der Waals surface area contributed by atoms with Crippen LogP contribution in [-0.2, 0) is 19.1 Å². The number of fused-ring (bicyclic) bond motifs is 1. The van der Waals surface area contributed by atoms with Crippen LogP contribution in [-0.4, -0.2) is 70.1 Å². The van der Waals surface area contributed by atoms with Gasteiger partial charge in [-0.15, -0.1) is 24.9 Å². The molecule has 188 valence electrons. The summed E-state index contributed by atoms with van der Waals surface area (Å²) in [4.78, 5) is 44.1. The number of halogens is 1. The number of carbonyl (C=O) groups is 3. The summed E-state index contributed by atoms with van der Waals surface area (Å²) in [5, 5.41) is 10.1. The predicted molar refractivity (Wildman–Crippen MR) is 137 cm³/mol. The van der Waals surface area contributed by atoms with E-state index in [9.17, 15) is 19.5 Å². The minimum absolute atomic E-state index is 0.0143. The van der Waals surface area contributed by atoms with Crippen LogP contribution in [0.1, 0.15) is 24.8 Å². The number of rotatable bonds is 10. The molecule has 3 aliphatic heterocycles. The fraction of sp³-hybridized carbons (Fsp3) is 0.500. The van der Waals surface area contributed by atoms with Gasteiger partial charge in [0.05, 0.1) is 40.5 Å². The topological polar surface area (TPSA) is 87.1 Å². The third-order valence-corrected chi connectivity index (χ3v) is 9.51. The molecule has 2 bridgehead atoms. The first-order valence-electron chi connectivity index (χ1n) is 11.9. The highest BCUT2D eigenvalue weighted by atomic mass is 35.5. The molecule has 0 saturated carbocycles. The molecule has 9 heteroatoms. The first kappa shape index (κ1) is 25.8. The Kier molecular flexibility index (Phi) is 7.64. The Morgan fingerprint density at radius 2 is 2.14 bits per heavy atom. The van der Waals surface area contributed by atoms with Crippen LogP contribution in [0, 0.1) is 18.8 Å². The minimum atomic E-state index is -0.830. The zero-order valence-electron chi connectivity index (χ0n) is 19.8. The zero-order valence-corrected chi connectivity index (χ0v) is 21.4. The normalized spacial score (nSPS) is 28.7. The molecule has 1 spiro atoms. The third kappa shape index (κ3) is 4.19. The molecule has 1 aromatic rings. The van der Waals surface area contributed by atoms with Gasteiger partial charge in [-0.25, -0.2) is 0 Å². The van der Waals surface area contributed by atoms with Crippen molar-refractivity contribution < 1.29 is 24.2 Å². The van der Waals surface area contributed by atoms with Gasteiger partial charge in [0.15, 0.2) is 0 Å². The smallest absolute Gasteiger partial charge is 0.310 e. The maximum atomic E-state index is 14.3. The number of ether oxygens (including phenoxy) is 1. The standard InChI is InChI=1S/C26H31ClN2O5S/c1-4-6-15-34-25(33)19-18-10-11-26(35-18)20(19)23(31)29(13-14-30)22(26)24(32)28(12-5-2)21-16(3)8-7-9-17(21)27/h4-5,7-9,18-20,22,30H,1-2,6,10-15H2,3H3/t18-,19+,20+,22?,26?/m1/s1. The van der Waals surface area contributed by atoms with Gasteiger partial charge in [-0.3, -0.25) is 14.4 Å². The van der Waals surface area contributed by atoms with Crippen molar-refractivity contribution in [2.75, 3.05) is 31.2 Å². The van der Waals surface area contributed by atoms with Crippen LogP contribution in [0.5, 0.6) is 0 Å². The summed E-state index contributed by atoms with van der Waals surface area (Å²) in [5.41, 5.74) is 1.40. The SMILES string of the molecule is C=CCCOC(=O)[C@@H]1[C@H]2C(=O)N(CCO)C(C(=O)N(CC=C)c3c(C)cccc3Cl)C23CC[C@H]1S3. The Balaban J connectivity index is 1.74. The molecule has 3 aliphatic rings. The maximum Gasteiger partial charge on any atom is 0.310 e. The molecular formula is C26H31ClN2O5S. The van der Waals surface area contributed by atoms with Crippen molar-refractivity contribution in [2.24, 2.45) is 11.8 Å². The molecule has 1 N–H and O–H groups in total. The average Bonchev–Trinajstić information content (AvgIpc) is 3.46. The molecule has 4 rings (SSSR count). The second kappa shape index (κ2) is 10.4. The second-order valence-corrected chi connectivity index (χ2v) is 11.2. The number of hydrogen-bond acceptors (Lipinski definition) is 6. The Morgan fingerprint density at radius 3 is 2.80 bits per heavy atom. The third-order valence-electron chi connectivity index (χ3n) is 7.25. The second-order valence-electron chi connectivity index (χ2n) is 9.20. The Morgan fingerprint density at radius 1 is 1.37 bits per heavy atom. The van der Waals surface area contributed by atoms with Crippen LogP contribution in [0.25, 0.3) is 0 Å². The van der Waals surface area contributed by atoms with E-state index in [2.05, 4.69) is 13.2 Å². The van der Waals surface area contributed by atoms with Gasteiger partial charge >= 0.3 is 5.97 Å². The van der Waals surface area contributed by atoms with E-state index in [1.54, 1.807) is 34.9 Å². The van der Waals surface area contributed by atoms with Crippen LogP contribution in [0.3, 0.4) is 0 Å². The van der Waals surface area contributed by atoms with Gasteiger partial charge in [0, 0.05) is 18.3 Å². The number of aliphatic hydroxyl groups is 1. The molecular weight excluding hydrogens is 488 g/mol. The Bertz CT molecular complexity index is 1030. The number of β-amino-alcohol motifs (C(OH)–C–C–N with tert-alkyl or cyclic N) is 1. The van der Waals surface area contributed by atoms with Crippen LogP contribution in [0.15, 0.2) is 43.5 Å². The maximum absolute atomic E-state index is 14.3. The van der Waals surface area contributed by atoms with E-state index in [0.29, 0.717) is 23.6 Å². The summed E-state index contributed by atoms with van der Waals surface area (Å²) in [6.45, 7) is 9.50. The first-order chi connectivity index (χ1) is 16.8. The molecule has 0 aromatic heterocycles. The quantitative estimate of drug-likeness (QED) is 0.290. The van der Waals surface area contributed by atoms with Crippen LogP contribution in [0.2, 0.25) is 5.02 Å². The predicted octanol–water partition coefficient (Wildman–Crippen LogP) is 3.37. The number of aliphatic hydroxyl groups excluding tert-OH is 1. The lowest BCUT2D eigenvalue weighted by atomic mass is 9.71. The summed E-state index contributed by atoms with van der Waals surface area (Å²) >= 11 is 8.09. The molecule has 5 atom stereocenters. The fourth-order valence-corrected chi connectivity index (χ4v) is 8.45. The zero-order chi connectivity index (χ0) is 25.3. The van der Waals surface area contributed by atoms with Crippen molar-refractivity contribution >= 4 is 46.8 Å². The first-order valence-corrected chi connectivity index (χ1v) is 13.1. The number of para-hydroxylation sites is 1.